The number of imidazole rings is 1. The maximum atomic E-state index is 11.4. The van der Waals surface area contributed by atoms with E-state index in [1.807, 2.05) is 37.6 Å². The Morgan fingerprint density at radius 2 is 2.09 bits per heavy atom. The molecule has 0 radical (unpaired) electrons. The Morgan fingerprint density at radius 1 is 1.27 bits per heavy atom. The smallest absolute Gasteiger partial charge is 0.220 e. The van der Waals surface area contributed by atoms with Gasteiger partial charge in [-0.15, -0.1) is 0 Å². The van der Waals surface area contributed by atoms with Crippen LogP contribution in [0.3, 0.4) is 0 Å². The van der Waals surface area contributed by atoms with Crippen molar-refractivity contribution < 1.29 is 4.79 Å². The first-order valence-electron chi connectivity index (χ1n) is 7.46. The highest BCUT2D eigenvalue weighted by Crippen LogP contribution is 2.12. The van der Waals surface area contributed by atoms with Crippen LogP contribution in [-0.2, 0) is 4.79 Å². The van der Waals surface area contributed by atoms with Crippen molar-refractivity contribution in [3.63, 3.8) is 0 Å². The number of anilines is 1. The van der Waals surface area contributed by atoms with E-state index in [0.717, 1.165) is 23.9 Å². The average molecular weight is 302 g/mol. The quantitative estimate of drug-likeness (QED) is 0.759. The number of hydrogen-bond acceptors (Lipinski definition) is 5. The Bertz CT molecular complexity index is 637. The lowest BCUT2D eigenvalue weighted by atomic mass is 10.3. The first-order valence-corrected chi connectivity index (χ1v) is 7.46. The molecule has 0 aromatic carbocycles. The Labute approximate surface area is 130 Å². The summed E-state index contributed by atoms with van der Waals surface area (Å²) >= 11 is 0. The van der Waals surface area contributed by atoms with Crippen LogP contribution in [0.4, 0.5) is 5.82 Å². The third kappa shape index (κ3) is 4.28. The zero-order valence-electron chi connectivity index (χ0n) is 13.3. The fourth-order valence-electron chi connectivity index (χ4n) is 2.09. The largest absolute Gasteiger partial charge is 0.368 e. The number of carbonyl (C=O) groups excluding carboxylic acids is 1. The lowest BCUT2D eigenvalue weighted by Crippen LogP contribution is -2.28. The van der Waals surface area contributed by atoms with Gasteiger partial charge in [-0.05, 0) is 20.3 Å². The molecule has 7 heteroatoms. The van der Waals surface area contributed by atoms with Gasteiger partial charge in [0.25, 0.3) is 0 Å². The Balaban J connectivity index is 1.96. The van der Waals surface area contributed by atoms with E-state index in [1.165, 1.54) is 0 Å². The topological polar surface area (TPSA) is 84.7 Å². The SMILES string of the molecule is CCCC(=O)NCCNc1cc(-n2ccnc2C)nc(C)n1. The second kappa shape index (κ2) is 7.53. The van der Waals surface area contributed by atoms with Gasteiger partial charge in [0.15, 0.2) is 0 Å². The third-order valence-electron chi connectivity index (χ3n) is 3.13. The first kappa shape index (κ1) is 15.9. The summed E-state index contributed by atoms with van der Waals surface area (Å²) in [7, 11) is 0. The predicted octanol–water partition coefficient (Wildman–Crippen LogP) is 1.61. The highest BCUT2D eigenvalue weighted by Gasteiger charge is 2.06. The fraction of sp³-hybridized carbons (Fsp3) is 0.467. The zero-order chi connectivity index (χ0) is 15.9. The summed E-state index contributed by atoms with van der Waals surface area (Å²) in [6.07, 6.45) is 5.03. The number of aromatic nitrogens is 4. The van der Waals surface area contributed by atoms with Crippen LogP contribution < -0.4 is 10.6 Å². The summed E-state index contributed by atoms with van der Waals surface area (Å²) in [6, 6.07) is 1.87. The molecule has 0 unspecified atom stereocenters. The first-order chi connectivity index (χ1) is 10.6. The van der Waals surface area contributed by atoms with Crippen LogP contribution in [0.25, 0.3) is 5.82 Å². The molecule has 2 aromatic rings. The molecule has 0 aliphatic carbocycles. The number of nitrogens with one attached hydrogen (secondary N) is 2. The van der Waals surface area contributed by atoms with Gasteiger partial charge < -0.3 is 10.6 Å². The predicted molar refractivity (Wildman–Crippen MR) is 85.0 cm³/mol. The second-order valence-electron chi connectivity index (χ2n) is 5.03. The number of nitrogens with zero attached hydrogens (tertiary/aromatic N) is 4. The summed E-state index contributed by atoms with van der Waals surface area (Å²) in [5, 5.41) is 6.06. The molecule has 2 heterocycles. The average Bonchev–Trinajstić information content (AvgIpc) is 2.89. The van der Waals surface area contributed by atoms with Crippen molar-refractivity contribution in [2.45, 2.75) is 33.6 Å². The van der Waals surface area contributed by atoms with Crippen molar-refractivity contribution in [1.29, 1.82) is 0 Å². The fourth-order valence-corrected chi connectivity index (χ4v) is 2.09. The standard InChI is InChI=1S/C15H22N6O/c1-4-5-15(22)18-7-6-17-13-10-14(20-11(2)19-13)21-9-8-16-12(21)3/h8-10H,4-7H2,1-3H3,(H,18,22)(H,17,19,20). The molecule has 1 amide bonds. The molecule has 2 rings (SSSR count). The van der Waals surface area contributed by atoms with E-state index in [2.05, 4.69) is 25.6 Å². The molecular formula is C15H22N6O. The molecule has 0 fully saturated rings. The van der Waals surface area contributed by atoms with Gasteiger partial charge in [-0.25, -0.2) is 15.0 Å². The monoisotopic (exact) mass is 302 g/mol. The molecule has 0 saturated carbocycles. The highest BCUT2D eigenvalue weighted by atomic mass is 16.1. The molecule has 0 aliphatic rings. The van der Waals surface area contributed by atoms with E-state index >= 15 is 0 Å². The van der Waals surface area contributed by atoms with Crippen molar-refractivity contribution in [1.82, 2.24) is 24.8 Å². The molecule has 118 valence electrons. The van der Waals surface area contributed by atoms with Crippen LogP contribution in [0, 0.1) is 13.8 Å². The molecule has 2 aromatic heterocycles. The minimum atomic E-state index is 0.0814. The van der Waals surface area contributed by atoms with Gasteiger partial charge in [0.2, 0.25) is 5.91 Å². The molecular weight excluding hydrogens is 280 g/mol. The molecule has 0 bridgehead atoms. The Hall–Kier alpha value is -2.44. The molecule has 0 spiro atoms. The molecule has 7 nitrogen and oxygen atoms in total. The summed E-state index contributed by atoms with van der Waals surface area (Å²) in [4.78, 5) is 24.4. The summed E-state index contributed by atoms with van der Waals surface area (Å²) in [5.41, 5.74) is 0. The maximum absolute atomic E-state index is 11.4. The summed E-state index contributed by atoms with van der Waals surface area (Å²) < 4.78 is 1.91. The van der Waals surface area contributed by atoms with Gasteiger partial charge in [-0.1, -0.05) is 6.92 Å². The number of amides is 1. The molecule has 0 atom stereocenters. The normalized spacial score (nSPS) is 10.5. The van der Waals surface area contributed by atoms with Crippen molar-refractivity contribution in [3.8, 4) is 5.82 Å². The molecule has 22 heavy (non-hydrogen) atoms. The van der Waals surface area contributed by atoms with E-state index < -0.39 is 0 Å². The van der Waals surface area contributed by atoms with E-state index in [0.29, 0.717) is 25.3 Å². The Kier molecular flexibility index (Phi) is 5.46. The Morgan fingerprint density at radius 3 is 2.77 bits per heavy atom. The van der Waals surface area contributed by atoms with Crippen LogP contribution in [0.5, 0.6) is 0 Å². The molecule has 0 aliphatic heterocycles. The van der Waals surface area contributed by atoms with Crippen LogP contribution in [0.2, 0.25) is 0 Å². The lowest BCUT2D eigenvalue weighted by Gasteiger charge is -2.10. The van der Waals surface area contributed by atoms with Gasteiger partial charge in [-0.2, -0.15) is 0 Å². The summed E-state index contributed by atoms with van der Waals surface area (Å²) in [5.74, 6) is 3.15. The highest BCUT2D eigenvalue weighted by molar-refractivity contribution is 5.75. The van der Waals surface area contributed by atoms with Crippen molar-refractivity contribution in [2.24, 2.45) is 0 Å². The van der Waals surface area contributed by atoms with Gasteiger partial charge in [0.05, 0.1) is 0 Å². The number of hydrogen-bond donors (Lipinski definition) is 2. The van der Waals surface area contributed by atoms with Crippen molar-refractivity contribution in [3.05, 3.63) is 30.1 Å². The van der Waals surface area contributed by atoms with Crippen LogP contribution >= 0.6 is 0 Å². The van der Waals surface area contributed by atoms with Crippen molar-refractivity contribution in [2.75, 3.05) is 18.4 Å². The number of rotatable bonds is 7. The van der Waals surface area contributed by atoms with Gasteiger partial charge in [-0.3, -0.25) is 9.36 Å². The zero-order valence-corrected chi connectivity index (χ0v) is 13.3. The maximum Gasteiger partial charge on any atom is 0.220 e. The van der Waals surface area contributed by atoms with Crippen LogP contribution in [0.1, 0.15) is 31.4 Å². The minimum absolute atomic E-state index is 0.0814. The summed E-state index contributed by atoms with van der Waals surface area (Å²) in [6.45, 7) is 6.95. The number of carbonyl (C=O) groups is 1. The molecule has 0 saturated heterocycles. The van der Waals surface area contributed by atoms with E-state index in [-0.39, 0.29) is 5.91 Å². The van der Waals surface area contributed by atoms with Crippen LogP contribution in [-0.4, -0.2) is 38.5 Å². The second-order valence-corrected chi connectivity index (χ2v) is 5.03. The van der Waals surface area contributed by atoms with E-state index in [4.69, 9.17) is 0 Å². The third-order valence-corrected chi connectivity index (χ3v) is 3.13. The van der Waals surface area contributed by atoms with Crippen molar-refractivity contribution >= 4 is 11.7 Å². The molecule has 2 N–H and O–H groups in total. The number of aryl methyl sites for hydroxylation is 2. The van der Waals surface area contributed by atoms with Crippen LogP contribution in [0.15, 0.2) is 18.5 Å². The lowest BCUT2D eigenvalue weighted by molar-refractivity contribution is -0.121. The van der Waals surface area contributed by atoms with Gasteiger partial charge >= 0.3 is 0 Å². The van der Waals surface area contributed by atoms with Gasteiger partial charge in [0, 0.05) is 38.0 Å². The van der Waals surface area contributed by atoms with Gasteiger partial charge in [0.1, 0.15) is 23.3 Å². The van der Waals surface area contributed by atoms with E-state index in [1.54, 1.807) is 6.20 Å². The minimum Gasteiger partial charge on any atom is -0.368 e. The van der Waals surface area contributed by atoms with E-state index in [9.17, 15) is 4.79 Å².